The van der Waals surface area contributed by atoms with Gasteiger partial charge in [-0.2, -0.15) is 0 Å². The Morgan fingerprint density at radius 3 is 2.50 bits per heavy atom. The number of methoxy groups -OCH3 is 2. The molecule has 0 saturated heterocycles. The third-order valence-corrected chi connectivity index (χ3v) is 1.45. The van der Waals surface area contributed by atoms with Crippen LogP contribution in [0.3, 0.4) is 0 Å². The first-order chi connectivity index (χ1) is 5.60. The lowest BCUT2D eigenvalue weighted by molar-refractivity contribution is -0.151. The molecule has 0 aromatic carbocycles. The second-order valence-corrected chi connectivity index (χ2v) is 2.52. The van der Waals surface area contributed by atoms with Crippen molar-refractivity contribution in [2.75, 3.05) is 20.8 Å². The normalized spacial score (nSPS) is 14.6. The molecule has 1 unspecified atom stereocenters. The molecule has 12 heavy (non-hydrogen) atoms. The van der Waals surface area contributed by atoms with Crippen molar-refractivity contribution < 1.29 is 19.1 Å². The minimum atomic E-state index is -1.09. The van der Waals surface area contributed by atoms with E-state index in [4.69, 9.17) is 4.74 Å². The number of amides is 1. The van der Waals surface area contributed by atoms with Gasteiger partial charge < -0.3 is 14.8 Å². The fourth-order valence-electron chi connectivity index (χ4n) is 0.804. The minimum Gasteiger partial charge on any atom is -0.467 e. The van der Waals surface area contributed by atoms with Crippen LogP contribution in [0.15, 0.2) is 0 Å². The van der Waals surface area contributed by atoms with Crippen LogP contribution in [0.1, 0.15) is 6.92 Å². The Hall–Kier alpha value is -1.10. The van der Waals surface area contributed by atoms with Crippen molar-refractivity contribution in [3.8, 4) is 0 Å². The van der Waals surface area contributed by atoms with Crippen LogP contribution in [0.25, 0.3) is 0 Å². The van der Waals surface area contributed by atoms with Crippen LogP contribution < -0.4 is 5.32 Å². The van der Waals surface area contributed by atoms with E-state index in [-0.39, 0.29) is 6.61 Å². The molecule has 0 aliphatic heterocycles. The lowest BCUT2D eigenvalue weighted by Crippen LogP contribution is -2.53. The van der Waals surface area contributed by atoms with Crippen molar-refractivity contribution in [3.63, 3.8) is 0 Å². The van der Waals surface area contributed by atoms with Crippen LogP contribution in [-0.4, -0.2) is 38.7 Å². The van der Waals surface area contributed by atoms with Crippen LogP contribution in [0, 0.1) is 0 Å². The van der Waals surface area contributed by atoms with E-state index in [2.05, 4.69) is 10.1 Å². The molecule has 0 rings (SSSR count). The van der Waals surface area contributed by atoms with Gasteiger partial charge in [0.05, 0.1) is 13.7 Å². The number of nitrogens with one attached hydrogen (secondary N) is 1. The first-order valence-corrected chi connectivity index (χ1v) is 3.39. The van der Waals surface area contributed by atoms with Gasteiger partial charge in [-0.25, -0.2) is 4.79 Å². The molecule has 0 heterocycles. The zero-order valence-electron chi connectivity index (χ0n) is 7.42. The fourth-order valence-corrected chi connectivity index (χ4v) is 0.804. The topological polar surface area (TPSA) is 64.6 Å². The maximum atomic E-state index is 11.1. The van der Waals surface area contributed by atoms with Gasteiger partial charge in [-0.15, -0.1) is 0 Å². The van der Waals surface area contributed by atoms with Gasteiger partial charge in [0.15, 0.2) is 5.54 Å². The molecule has 0 bridgehead atoms. The van der Waals surface area contributed by atoms with Crippen molar-refractivity contribution >= 4 is 12.4 Å². The summed E-state index contributed by atoms with van der Waals surface area (Å²) in [5.74, 6) is -0.531. The Balaban J connectivity index is 4.36. The number of ether oxygens (including phenoxy) is 2. The van der Waals surface area contributed by atoms with E-state index in [1.165, 1.54) is 21.1 Å². The van der Waals surface area contributed by atoms with Crippen molar-refractivity contribution in [3.05, 3.63) is 0 Å². The average molecular weight is 175 g/mol. The summed E-state index contributed by atoms with van der Waals surface area (Å²) >= 11 is 0. The third-order valence-electron chi connectivity index (χ3n) is 1.45. The van der Waals surface area contributed by atoms with Crippen LogP contribution >= 0.6 is 0 Å². The lowest BCUT2D eigenvalue weighted by Gasteiger charge is -2.24. The van der Waals surface area contributed by atoms with Crippen molar-refractivity contribution in [1.29, 1.82) is 0 Å². The van der Waals surface area contributed by atoms with Gasteiger partial charge in [-0.1, -0.05) is 0 Å². The van der Waals surface area contributed by atoms with Crippen LogP contribution in [0.5, 0.6) is 0 Å². The summed E-state index contributed by atoms with van der Waals surface area (Å²) in [4.78, 5) is 21.2. The van der Waals surface area contributed by atoms with Crippen molar-refractivity contribution in [1.82, 2.24) is 5.32 Å². The van der Waals surface area contributed by atoms with E-state index < -0.39 is 11.5 Å². The van der Waals surface area contributed by atoms with E-state index in [1.54, 1.807) is 0 Å². The Bertz CT molecular complexity index is 171. The highest BCUT2D eigenvalue weighted by molar-refractivity contribution is 5.82. The van der Waals surface area contributed by atoms with Gasteiger partial charge in [-0.3, -0.25) is 4.79 Å². The number of rotatable bonds is 5. The average Bonchev–Trinajstić information content (AvgIpc) is 2.04. The second-order valence-electron chi connectivity index (χ2n) is 2.52. The quantitative estimate of drug-likeness (QED) is 0.443. The highest BCUT2D eigenvalue weighted by atomic mass is 16.5. The molecular formula is C7H13NO4. The summed E-state index contributed by atoms with van der Waals surface area (Å²) < 4.78 is 9.24. The Labute approximate surface area is 71.0 Å². The molecule has 0 spiro atoms. The molecule has 0 aromatic rings. The molecule has 5 heteroatoms. The summed E-state index contributed by atoms with van der Waals surface area (Å²) in [5, 5.41) is 2.33. The Morgan fingerprint density at radius 1 is 1.58 bits per heavy atom. The molecule has 0 aromatic heterocycles. The summed E-state index contributed by atoms with van der Waals surface area (Å²) in [6.07, 6.45) is 0.440. The third kappa shape index (κ3) is 2.50. The van der Waals surface area contributed by atoms with E-state index >= 15 is 0 Å². The van der Waals surface area contributed by atoms with E-state index in [0.717, 1.165) is 0 Å². The fraction of sp³-hybridized carbons (Fsp3) is 0.714. The summed E-state index contributed by atoms with van der Waals surface area (Å²) in [7, 11) is 2.69. The highest BCUT2D eigenvalue weighted by Gasteiger charge is 2.33. The zero-order valence-corrected chi connectivity index (χ0v) is 7.42. The predicted molar refractivity (Wildman–Crippen MR) is 41.5 cm³/mol. The van der Waals surface area contributed by atoms with Gasteiger partial charge in [0.25, 0.3) is 0 Å². The van der Waals surface area contributed by atoms with E-state index in [0.29, 0.717) is 6.41 Å². The van der Waals surface area contributed by atoms with Gasteiger partial charge in [-0.05, 0) is 6.92 Å². The lowest BCUT2D eigenvalue weighted by atomic mass is 10.1. The molecule has 1 N–H and O–H groups in total. The van der Waals surface area contributed by atoms with Gasteiger partial charge >= 0.3 is 5.97 Å². The van der Waals surface area contributed by atoms with Gasteiger partial charge in [0.2, 0.25) is 6.41 Å². The van der Waals surface area contributed by atoms with Crippen molar-refractivity contribution in [2.24, 2.45) is 0 Å². The largest absolute Gasteiger partial charge is 0.467 e. The monoisotopic (exact) mass is 175 g/mol. The highest BCUT2D eigenvalue weighted by Crippen LogP contribution is 2.05. The Kier molecular flexibility index (Phi) is 4.28. The number of hydrogen-bond donors (Lipinski definition) is 1. The molecule has 5 nitrogen and oxygen atoms in total. The first kappa shape index (κ1) is 10.9. The van der Waals surface area contributed by atoms with Crippen molar-refractivity contribution in [2.45, 2.75) is 12.5 Å². The molecule has 0 aliphatic rings. The van der Waals surface area contributed by atoms with Gasteiger partial charge in [0, 0.05) is 7.11 Å². The SMILES string of the molecule is COCC(C)(NC=O)C(=O)OC. The maximum absolute atomic E-state index is 11.1. The Morgan fingerprint density at radius 2 is 2.17 bits per heavy atom. The molecule has 0 fully saturated rings. The number of carbonyl (C=O) groups is 2. The van der Waals surface area contributed by atoms with E-state index in [9.17, 15) is 9.59 Å². The summed E-state index contributed by atoms with van der Waals surface area (Å²) in [5.41, 5.74) is -1.09. The molecule has 0 saturated carbocycles. The molecule has 0 aliphatic carbocycles. The summed E-state index contributed by atoms with van der Waals surface area (Å²) in [6.45, 7) is 1.61. The molecule has 1 amide bonds. The van der Waals surface area contributed by atoms with Crippen LogP contribution in [-0.2, 0) is 19.1 Å². The maximum Gasteiger partial charge on any atom is 0.333 e. The molecule has 1 atom stereocenters. The first-order valence-electron chi connectivity index (χ1n) is 3.39. The number of carbonyl (C=O) groups excluding carboxylic acids is 2. The number of esters is 1. The predicted octanol–water partition coefficient (Wildman–Crippen LogP) is -0.690. The smallest absolute Gasteiger partial charge is 0.333 e. The molecular weight excluding hydrogens is 162 g/mol. The van der Waals surface area contributed by atoms with E-state index in [1.807, 2.05) is 0 Å². The standard InChI is InChI=1S/C7H13NO4/c1-7(4-11-2,8-5-9)6(10)12-3/h5H,4H2,1-3H3,(H,8,9). The van der Waals surface area contributed by atoms with Crippen LogP contribution in [0.4, 0.5) is 0 Å². The molecule has 0 radical (unpaired) electrons. The van der Waals surface area contributed by atoms with Crippen LogP contribution in [0.2, 0.25) is 0 Å². The van der Waals surface area contributed by atoms with Gasteiger partial charge in [0.1, 0.15) is 0 Å². The summed E-state index contributed by atoms with van der Waals surface area (Å²) in [6, 6.07) is 0. The molecule has 70 valence electrons. The number of hydrogen-bond acceptors (Lipinski definition) is 4. The second kappa shape index (κ2) is 4.71. The minimum absolute atomic E-state index is 0.0818. The zero-order chi connectivity index (χ0) is 9.61.